The smallest absolute Gasteiger partial charge is 0.00367 e. The van der Waals surface area contributed by atoms with Gasteiger partial charge in [-0.25, -0.2) is 0 Å². The van der Waals surface area contributed by atoms with Crippen LogP contribution in [0.4, 0.5) is 0 Å². The minimum Gasteiger partial charge on any atom is -0.330 e. The summed E-state index contributed by atoms with van der Waals surface area (Å²) in [5, 5.41) is 2.59. The van der Waals surface area contributed by atoms with Crippen LogP contribution in [-0.4, -0.2) is 6.54 Å². The Morgan fingerprint density at radius 1 is 0.923 bits per heavy atom. The molecule has 1 heteroatoms. The van der Waals surface area contributed by atoms with Crippen molar-refractivity contribution in [3.05, 3.63) is 48.0 Å². The van der Waals surface area contributed by atoms with E-state index in [9.17, 15) is 0 Å². The van der Waals surface area contributed by atoms with Crippen molar-refractivity contribution in [2.45, 2.75) is 6.42 Å². The Kier molecular flexibility index (Phi) is 2.28. The van der Waals surface area contributed by atoms with E-state index in [0.717, 1.165) is 13.0 Å². The summed E-state index contributed by atoms with van der Waals surface area (Å²) in [5.41, 5.74) is 6.83. The number of hydrogen-bond donors (Lipinski definition) is 1. The van der Waals surface area contributed by atoms with Crippen molar-refractivity contribution in [1.29, 1.82) is 0 Å². The predicted molar refractivity (Wildman–Crippen MR) is 56.7 cm³/mol. The second-order valence-electron chi connectivity index (χ2n) is 3.22. The van der Waals surface area contributed by atoms with Gasteiger partial charge in [0, 0.05) is 0 Å². The molecule has 2 aromatic rings. The molecule has 0 aliphatic heterocycles. The standard InChI is InChI=1S/C12H13N/c13-8-7-10-5-6-11-3-1-2-4-12(11)9-10/h1-6,9H,7-8,13H2. The molecule has 2 aromatic carbocycles. The highest BCUT2D eigenvalue weighted by molar-refractivity contribution is 5.82. The van der Waals surface area contributed by atoms with Gasteiger partial charge in [0.2, 0.25) is 0 Å². The quantitative estimate of drug-likeness (QED) is 0.737. The Morgan fingerprint density at radius 3 is 2.46 bits per heavy atom. The van der Waals surface area contributed by atoms with Crippen molar-refractivity contribution >= 4 is 10.8 Å². The van der Waals surface area contributed by atoms with Gasteiger partial charge in [-0.1, -0.05) is 42.5 Å². The lowest BCUT2D eigenvalue weighted by molar-refractivity contribution is 0.971. The van der Waals surface area contributed by atoms with Gasteiger partial charge < -0.3 is 5.73 Å². The molecule has 0 saturated heterocycles. The summed E-state index contributed by atoms with van der Waals surface area (Å²) in [6.07, 6.45) is 0.963. The van der Waals surface area contributed by atoms with E-state index in [1.54, 1.807) is 0 Å². The van der Waals surface area contributed by atoms with Crippen LogP contribution in [0.2, 0.25) is 0 Å². The molecule has 0 heterocycles. The van der Waals surface area contributed by atoms with Gasteiger partial charge in [-0.15, -0.1) is 0 Å². The van der Waals surface area contributed by atoms with Crippen LogP contribution in [0.3, 0.4) is 0 Å². The molecule has 0 bridgehead atoms. The Hall–Kier alpha value is -1.34. The van der Waals surface area contributed by atoms with E-state index in [-0.39, 0.29) is 0 Å². The van der Waals surface area contributed by atoms with Crippen molar-refractivity contribution in [1.82, 2.24) is 0 Å². The molecular weight excluding hydrogens is 158 g/mol. The molecule has 0 radical (unpaired) electrons. The molecule has 2 rings (SSSR count). The fourth-order valence-electron chi connectivity index (χ4n) is 1.56. The number of rotatable bonds is 2. The minimum absolute atomic E-state index is 0.721. The fraction of sp³-hybridized carbons (Fsp3) is 0.167. The van der Waals surface area contributed by atoms with Crippen molar-refractivity contribution in [3.8, 4) is 0 Å². The average molecular weight is 171 g/mol. The second-order valence-corrected chi connectivity index (χ2v) is 3.22. The van der Waals surface area contributed by atoms with Crippen LogP contribution in [-0.2, 0) is 6.42 Å². The first-order valence-corrected chi connectivity index (χ1v) is 4.58. The van der Waals surface area contributed by atoms with Crippen LogP contribution in [0.25, 0.3) is 10.8 Å². The highest BCUT2D eigenvalue weighted by Gasteiger charge is 1.94. The number of nitrogens with two attached hydrogens (primary N) is 1. The van der Waals surface area contributed by atoms with Gasteiger partial charge >= 0.3 is 0 Å². The molecule has 66 valence electrons. The number of hydrogen-bond acceptors (Lipinski definition) is 1. The van der Waals surface area contributed by atoms with Crippen LogP contribution >= 0.6 is 0 Å². The first kappa shape index (κ1) is 8.27. The summed E-state index contributed by atoms with van der Waals surface area (Å²) >= 11 is 0. The SMILES string of the molecule is NCCc1ccc2ccccc2c1. The van der Waals surface area contributed by atoms with E-state index in [0.29, 0.717) is 0 Å². The lowest BCUT2D eigenvalue weighted by atomic mass is 10.1. The molecule has 1 nitrogen and oxygen atoms in total. The maximum Gasteiger partial charge on any atom is -0.00367 e. The molecular formula is C12H13N. The largest absolute Gasteiger partial charge is 0.330 e. The molecule has 0 saturated carbocycles. The Labute approximate surface area is 78.2 Å². The van der Waals surface area contributed by atoms with E-state index < -0.39 is 0 Å². The van der Waals surface area contributed by atoms with E-state index in [2.05, 4.69) is 42.5 Å². The molecule has 2 N–H and O–H groups in total. The van der Waals surface area contributed by atoms with Crippen LogP contribution in [0.5, 0.6) is 0 Å². The monoisotopic (exact) mass is 171 g/mol. The van der Waals surface area contributed by atoms with Crippen LogP contribution in [0.1, 0.15) is 5.56 Å². The summed E-state index contributed by atoms with van der Waals surface area (Å²) < 4.78 is 0. The van der Waals surface area contributed by atoms with Gasteiger partial charge in [-0.2, -0.15) is 0 Å². The van der Waals surface area contributed by atoms with Crippen molar-refractivity contribution < 1.29 is 0 Å². The summed E-state index contributed by atoms with van der Waals surface area (Å²) in [6, 6.07) is 14.9. The maximum absolute atomic E-state index is 5.50. The molecule has 0 amide bonds. The summed E-state index contributed by atoms with van der Waals surface area (Å²) in [6.45, 7) is 0.721. The molecule has 13 heavy (non-hydrogen) atoms. The van der Waals surface area contributed by atoms with Crippen molar-refractivity contribution in [2.24, 2.45) is 5.73 Å². The Balaban J connectivity index is 2.49. The maximum atomic E-state index is 5.50. The lowest BCUT2D eigenvalue weighted by Gasteiger charge is -2.01. The van der Waals surface area contributed by atoms with Crippen LogP contribution in [0, 0.1) is 0 Å². The third kappa shape index (κ3) is 1.70. The third-order valence-electron chi connectivity index (χ3n) is 2.25. The second kappa shape index (κ2) is 3.58. The summed E-state index contributed by atoms with van der Waals surface area (Å²) in [5.74, 6) is 0. The molecule has 0 unspecified atom stereocenters. The van der Waals surface area contributed by atoms with Gasteiger partial charge in [-0.05, 0) is 29.3 Å². The minimum atomic E-state index is 0.721. The average Bonchev–Trinajstić information content (AvgIpc) is 2.18. The zero-order chi connectivity index (χ0) is 9.10. The highest BCUT2D eigenvalue weighted by Crippen LogP contribution is 2.15. The molecule has 0 spiro atoms. The summed E-state index contributed by atoms with van der Waals surface area (Å²) in [4.78, 5) is 0. The molecule has 0 aromatic heterocycles. The summed E-state index contributed by atoms with van der Waals surface area (Å²) in [7, 11) is 0. The zero-order valence-electron chi connectivity index (χ0n) is 7.53. The van der Waals surface area contributed by atoms with E-state index in [1.807, 2.05) is 0 Å². The van der Waals surface area contributed by atoms with Crippen LogP contribution in [0.15, 0.2) is 42.5 Å². The number of benzene rings is 2. The van der Waals surface area contributed by atoms with Crippen LogP contribution < -0.4 is 5.73 Å². The van der Waals surface area contributed by atoms with Gasteiger partial charge in [-0.3, -0.25) is 0 Å². The van der Waals surface area contributed by atoms with E-state index in [1.165, 1.54) is 16.3 Å². The highest BCUT2D eigenvalue weighted by atomic mass is 14.5. The Morgan fingerprint density at radius 2 is 1.69 bits per heavy atom. The van der Waals surface area contributed by atoms with Gasteiger partial charge in [0.1, 0.15) is 0 Å². The third-order valence-corrected chi connectivity index (χ3v) is 2.25. The van der Waals surface area contributed by atoms with E-state index >= 15 is 0 Å². The van der Waals surface area contributed by atoms with Gasteiger partial charge in [0.15, 0.2) is 0 Å². The molecule has 0 aliphatic rings. The fourth-order valence-corrected chi connectivity index (χ4v) is 1.56. The van der Waals surface area contributed by atoms with E-state index in [4.69, 9.17) is 5.73 Å². The van der Waals surface area contributed by atoms with Gasteiger partial charge in [0.05, 0.1) is 0 Å². The lowest BCUT2D eigenvalue weighted by Crippen LogP contribution is -2.02. The molecule has 0 atom stereocenters. The van der Waals surface area contributed by atoms with Crippen molar-refractivity contribution in [2.75, 3.05) is 6.54 Å². The molecule has 0 fully saturated rings. The number of fused-ring (bicyclic) bond motifs is 1. The predicted octanol–water partition coefficient (Wildman–Crippen LogP) is 2.34. The normalized spacial score (nSPS) is 10.5. The zero-order valence-corrected chi connectivity index (χ0v) is 7.53. The first-order chi connectivity index (χ1) is 6.40. The first-order valence-electron chi connectivity index (χ1n) is 4.58. The van der Waals surface area contributed by atoms with Gasteiger partial charge in [0.25, 0.3) is 0 Å². The Bertz CT molecular complexity index is 407. The molecule has 0 aliphatic carbocycles. The topological polar surface area (TPSA) is 26.0 Å². The van der Waals surface area contributed by atoms with Crippen molar-refractivity contribution in [3.63, 3.8) is 0 Å².